The number of nitrogens with zero attached hydrogens (tertiary/aromatic N) is 1. The standard InChI is InChI=1S/C14H15N3O/c18-14(16-17-7-3-4-8-17)12-9-11-5-1-2-6-13(11)15-10-12/h1-8,12,15H,9-10H2,(H,16,18). The first-order valence-corrected chi connectivity index (χ1v) is 6.08. The van der Waals surface area contributed by atoms with E-state index in [1.165, 1.54) is 5.56 Å². The number of hydrogen-bond donors (Lipinski definition) is 2. The van der Waals surface area contributed by atoms with Crippen LogP contribution in [0.5, 0.6) is 0 Å². The molecule has 1 unspecified atom stereocenters. The number of para-hydroxylation sites is 1. The zero-order chi connectivity index (χ0) is 12.4. The summed E-state index contributed by atoms with van der Waals surface area (Å²) in [4.78, 5) is 12.1. The number of fused-ring (bicyclic) bond motifs is 1. The summed E-state index contributed by atoms with van der Waals surface area (Å²) in [7, 11) is 0. The van der Waals surface area contributed by atoms with E-state index in [4.69, 9.17) is 0 Å². The van der Waals surface area contributed by atoms with Crippen LogP contribution >= 0.6 is 0 Å². The van der Waals surface area contributed by atoms with Crippen LogP contribution in [0.15, 0.2) is 48.8 Å². The Kier molecular flexibility index (Phi) is 2.76. The fourth-order valence-electron chi connectivity index (χ4n) is 2.25. The van der Waals surface area contributed by atoms with Crippen LogP contribution in [0.4, 0.5) is 5.69 Å². The minimum Gasteiger partial charge on any atom is -0.384 e. The lowest BCUT2D eigenvalue weighted by atomic mass is 9.93. The van der Waals surface area contributed by atoms with Crippen LogP contribution in [0.1, 0.15) is 5.56 Å². The first kappa shape index (κ1) is 10.9. The van der Waals surface area contributed by atoms with Crippen LogP contribution in [0.2, 0.25) is 0 Å². The third-order valence-electron chi connectivity index (χ3n) is 3.24. The van der Waals surface area contributed by atoms with E-state index in [1.54, 1.807) is 4.68 Å². The molecule has 2 aromatic rings. The fraction of sp³-hybridized carbons (Fsp3) is 0.214. The molecule has 2 heterocycles. The molecule has 3 rings (SSSR count). The van der Waals surface area contributed by atoms with Crippen molar-refractivity contribution in [2.75, 3.05) is 17.3 Å². The minimum atomic E-state index is -0.0256. The molecule has 1 aliphatic heterocycles. The van der Waals surface area contributed by atoms with Crippen molar-refractivity contribution in [3.05, 3.63) is 54.4 Å². The normalized spacial score (nSPS) is 17.7. The Morgan fingerprint density at radius 3 is 2.83 bits per heavy atom. The second-order valence-corrected chi connectivity index (χ2v) is 4.51. The molecule has 0 spiro atoms. The van der Waals surface area contributed by atoms with Gasteiger partial charge in [-0.15, -0.1) is 0 Å². The largest absolute Gasteiger partial charge is 0.384 e. The third-order valence-corrected chi connectivity index (χ3v) is 3.24. The van der Waals surface area contributed by atoms with Gasteiger partial charge in [0.25, 0.3) is 0 Å². The third kappa shape index (κ3) is 2.09. The lowest BCUT2D eigenvalue weighted by Gasteiger charge is -2.25. The second kappa shape index (κ2) is 4.56. The molecule has 0 bridgehead atoms. The number of nitrogens with one attached hydrogen (secondary N) is 2. The number of benzene rings is 1. The van der Waals surface area contributed by atoms with Gasteiger partial charge in [-0.3, -0.25) is 14.9 Å². The van der Waals surface area contributed by atoms with Gasteiger partial charge in [0.2, 0.25) is 5.91 Å². The van der Waals surface area contributed by atoms with Crippen molar-refractivity contribution in [3.63, 3.8) is 0 Å². The zero-order valence-electron chi connectivity index (χ0n) is 9.97. The Morgan fingerprint density at radius 2 is 2.00 bits per heavy atom. The van der Waals surface area contributed by atoms with E-state index in [0.29, 0.717) is 6.54 Å². The SMILES string of the molecule is O=C(Nn1cccc1)C1CNc2ccccc2C1. The summed E-state index contributed by atoms with van der Waals surface area (Å²) in [5, 5.41) is 3.30. The number of amides is 1. The highest BCUT2D eigenvalue weighted by Crippen LogP contribution is 2.24. The molecule has 18 heavy (non-hydrogen) atoms. The molecule has 0 saturated carbocycles. The molecule has 0 radical (unpaired) electrons. The van der Waals surface area contributed by atoms with Crippen LogP contribution < -0.4 is 10.7 Å². The number of rotatable bonds is 2. The molecule has 0 fully saturated rings. The van der Waals surface area contributed by atoms with Crippen LogP contribution in [0.3, 0.4) is 0 Å². The molecular formula is C14H15N3O. The Morgan fingerprint density at radius 1 is 1.22 bits per heavy atom. The number of aromatic nitrogens is 1. The van der Waals surface area contributed by atoms with Gasteiger partial charge in [-0.1, -0.05) is 18.2 Å². The summed E-state index contributed by atoms with van der Waals surface area (Å²) in [6.45, 7) is 0.685. The lowest BCUT2D eigenvalue weighted by Crippen LogP contribution is -2.36. The topological polar surface area (TPSA) is 46.1 Å². The summed E-state index contributed by atoms with van der Waals surface area (Å²) in [6.07, 6.45) is 4.43. The van der Waals surface area contributed by atoms with Crippen LogP contribution in [-0.4, -0.2) is 17.1 Å². The van der Waals surface area contributed by atoms with Crippen molar-refractivity contribution in [1.82, 2.24) is 4.68 Å². The molecule has 0 aliphatic carbocycles. The molecule has 92 valence electrons. The molecule has 1 amide bonds. The summed E-state index contributed by atoms with van der Waals surface area (Å²) in [5.41, 5.74) is 5.21. The Hall–Kier alpha value is -2.23. The van der Waals surface area contributed by atoms with Gasteiger partial charge in [0.05, 0.1) is 5.92 Å². The molecule has 4 heteroatoms. The van der Waals surface area contributed by atoms with Gasteiger partial charge in [-0.25, -0.2) is 0 Å². The highest BCUT2D eigenvalue weighted by Gasteiger charge is 2.24. The van der Waals surface area contributed by atoms with Crippen molar-refractivity contribution >= 4 is 11.6 Å². The number of carbonyl (C=O) groups excluding carboxylic acids is 1. The highest BCUT2D eigenvalue weighted by atomic mass is 16.2. The van der Waals surface area contributed by atoms with Crippen LogP contribution in [0.25, 0.3) is 0 Å². The van der Waals surface area contributed by atoms with E-state index in [9.17, 15) is 4.79 Å². The Bertz CT molecular complexity index is 548. The van der Waals surface area contributed by atoms with Gasteiger partial charge < -0.3 is 5.32 Å². The maximum atomic E-state index is 12.1. The molecule has 1 aromatic heterocycles. The Balaban J connectivity index is 1.70. The van der Waals surface area contributed by atoms with Gasteiger partial charge in [0.1, 0.15) is 0 Å². The van der Waals surface area contributed by atoms with Crippen LogP contribution in [-0.2, 0) is 11.2 Å². The van der Waals surface area contributed by atoms with E-state index in [2.05, 4.69) is 22.9 Å². The zero-order valence-corrected chi connectivity index (χ0v) is 9.97. The quantitative estimate of drug-likeness (QED) is 0.842. The summed E-state index contributed by atoms with van der Waals surface area (Å²) >= 11 is 0. The Labute approximate surface area is 106 Å². The number of carbonyl (C=O) groups is 1. The van der Waals surface area contributed by atoms with Gasteiger partial charge in [0, 0.05) is 24.6 Å². The first-order valence-electron chi connectivity index (χ1n) is 6.08. The summed E-state index contributed by atoms with van der Waals surface area (Å²) < 4.78 is 1.68. The van der Waals surface area contributed by atoms with E-state index in [0.717, 1.165) is 12.1 Å². The van der Waals surface area contributed by atoms with Crippen molar-refractivity contribution in [1.29, 1.82) is 0 Å². The summed E-state index contributed by atoms with van der Waals surface area (Å²) in [5.74, 6) is 0.0236. The van der Waals surface area contributed by atoms with Crippen molar-refractivity contribution in [2.24, 2.45) is 5.92 Å². The highest BCUT2D eigenvalue weighted by molar-refractivity contribution is 5.87. The van der Waals surface area contributed by atoms with E-state index < -0.39 is 0 Å². The van der Waals surface area contributed by atoms with Gasteiger partial charge in [-0.05, 0) is 30.2 Å². The minimum absolute atomic E-state index is 0.0256. The van der Waals surface area contributed by atoms with E-state index in [1.807, 2.05) is 36.7 Å². The van der Waals surface area contributed by atoms with Crippen molar-refractivity contribution in [2.45, 2.75) is 6.42 Å². The lowest BCUT2D eigenvalue weighted by molar-refractivity contribution is -0.120. The van der Waals surface area contributed by atoms with Gasteiger partial charge in [-0.2, -0.15) is 0 Å². The van der Waals surface area contributed by atoms with Crippen molar-refractivity contribution in [3.8, 4) is 0 Å². The predicted molar refractivity (Wildman–Crippen MR) is 70.9 cm³/mol. The maximum Gasteiger partial charge on any atom is 0.244 e. The molecule has 1 aliphatic rings. The smallest absolute Gasteiger partial charge is 0.244 e. The van der Waals surface area contributed by atoms with E-state index >= 15 is 0 Å². The van der Waals surface area contributed by atoms with Gasteiger partial charge >= 0.3 is 0 Å². The monoisotopic (exact) mass is 241 g/mol. The van der Waals surface area contributed by atoms with Crippen LogP contribution in [0, 0.1) is 5.92 Å². The molecule has 4 nitrogen and oxygen atoms in total. The van der Waals surface area contributed by atoms with Gasteiger partial charge in [0.15, 0.2) is 0 Å². The molecule has 1 atom stereocenters. The summed E-state index contributed by atoms with van der Waals surface area (Å²) in [6, 6.07) is 11.9. The molecular weight excluding hydrogens is 226 g/mol. The molecule has 1 aromatic carbocycles. The number of anilines is 1. The number of hydrogen-bond acceptors (Lipinski definition) is 2. The molecule has 0 saturated heterocycles. The predicted octanol–water partition coefficient (Wildman–Crippen LogP) is 1.84. The second-order valence-electron chi connectivity index (χ2n) is 4.51. The fourth-order valence-corrected chi connectivity index (χ4v) is 2.25. The average molecular weight is 241 g/mol. The van der Waals surface area contributed by atoms with E-state index in [-0.39, 0.29) is 11.8 Å². The maximum absolute atomic E-state index is 12.1. The molecule has 2 N–H and O–H groups in total. The first-order chi connectivity index (χ1) is 8.83. The van der Waals surface area contributed by atoms with Crippen molar-refractivity contribution < 1.29 is 4.79 Å². The average Bonchev–Trinajstić information content (AvgIpc) is 2.91.